The minimum atomic E-state index is -4.63. The zero-order valence-electron chi connectivity index (χ0n) is 13.5. The Bertz CT molecular complexity index is 843. The summed E-state index contributed by atoms with van der Waals surface area (Å²) in [5, 5.41) is 0.526. The van der Waals surface area contributed by atoms with Crippen LogP contribution in [0.15, 0.2) is 30.3 Å². The van der Waals surface area contributed by atoms with E-state index in [4.69, 9.17) is 16.3 Å². The molecule has 138 valence electrons. The molecule has 0 aliphatic carbocycles. The molecule has 1 amide bonds. The molecular formula is C17H13BrClF3N2O2. The van der Waals surface area contributed by atoms with Gasteiger partial charge in [0.25, 0.3) is 0 Å². The van der Waals surface area contributed by atoms with Gasteiger partial charge in [0.2, 0.25) is 11.8 Å². The van der Waals surface area contributed by atoms with Gasteiger partial charge in [0, 0.05) is 18.0 Å². The van der Waals surface area contributed by atoms with Crippen LogP contribution in [0.4, 0.5) is 18.9 Å². The third-order valence-electron chi connectivity index (χ3n) is 4.05. The second-order valence-electron chi connectivity index (χ2n) is 5.66. The van der Waals surface area contributed by atoms with E-state index >= 15 is 0 Å². The lowest BCUT2D eigenvalue weighted by molar-refractivity contribution is -0.139. The average Bonchev–Trinajstić information content (AvgIpc) is 3.02. The van der Waals surface area contributed by atoms with Crippen molar-refractivity contribution in [1.29, 1.82) is 0 Å². The lowest BCUT2D eigenvalue weighted by Gasteiger charge is -2.22. The second kappa shape index (κ2) is 7.08. The number of pyridine rings is 1. The molecule has 0 saturated carbocycles. The number of benzene rings is 1. The van der Waals surface area contributed by atoms with Crippen LogP contribution in [0.25, 0.3) is 0 Å². The van der Waals surface area contributed by atoms with Crippen molar-refractivity contribution in [3.8, 4) is 5.88 Å². The number of anilines is 1. The van der Waals surface area contributed by atoms with Crippen molar-refractivity contribution in [3.63, 3.8) is 0 Å². The van der Waals surface area contributed by atoms with Gasteiger partial charge in [-0.05, 0) is 23.8 Å². The summed E-state index contributed by atoms with van der Waals surface area (Å²) in [5.74, 6) is -0.857. The van der Waals surface area contributed by atoms with Crippen molar-refractivity contribution < 1.29 is 22.7 Å². The van der Waals surface area contributed by atoms with Crippen LogP contribution in [-0.2, 0) is 17.4 Å². The number of nitrogens with zero attached hydrogens (tertiary/aromatic N) is 2. The monoisotopic (exact) mass is 448 g/mol. The highest BCUT2D eigenvalue weighted by molar-refractivity contribution is 9.09. The van der Waals surface area contributed by atoms with Gasteiger partial charge in [-0.25, -0.2) is 4.98 Å². The molecule has 1 aliphatic rings. The molecule has 0 bridgehead atoms. The van der Waals surface area contributed by atoms with Gasteiger partial charge in [0.05, 0.1) is 18.5 Å². The van der Waals surface area contributed by atoms with E-state index in [0.717, 1.165) is 13.2 Å². The van der Waals surface area contributed by atoms with E-state index in [0.29, 0.717) is 22.7 Å². The third kappa shape index (κ3) is 3.53. The molecule has 2 aromatic rings. The second-order valence-corrected chi connectivity index (χ2v) is 7.01. The highest BCUT2D eigenvalue weighted by Gasteiger charge is 2.39. The zero-order valence-corrected chi connectivity index (χ0v) is 15.8. The molecule has 0 saturated heterocycles. The molecule has 1 aliphatic heterocycles. The van der Waals surface area contributed by atoms with E-state index in [1.165, 1.54) is 4.90 Å². The minimum absolute atomic E-state index is 0.154. The molecule has 1 atom stereocenters. The number of carbonyl (C=O) groups is 1. The fourth-order valence-electron chi connectivity index (χ4n) is 2.78. The van der Waals surface area contributed by atoms with Crippen LogP contribution in [0.3, 0.4) is 0 Å². The SMILES string of the molecule is COc1nc2c(cc1C(F)(F)F)N(C(=O)C(Br)c1ccc(Cl)cc1)CC2. The molecule has 4 nitrogen and oxygen atoms in total. The molecule has 3 rings (SSSR count). The molecule has 2 heterocycles. The van der Waals surface area contributed by atoms with Gasteiger partial charge in [-0.15, -0.1) is 0 Å². The van der Waals surface area contributed by atoms with E-state index in [1.807, 2.05) is 0 Å². The summed E-state index contributed by atoms with van der Waals surface area (Å²) in [6, 6.07) is 7.58. The molecule has 26 heavy (non-hydrogen) atoms. The standard InChI is InChI=1S/C17H13BrClF3N2O2/c1-26-15-11(17(20,21)22)8-13-12(23-15)6-7-24(13)16(25)14(18)9-2-4-10(19)5-3-9/h2-5,8,14H,6-7H2,1H3. The number of amides is 1. The molecular weight excluding hydrogens is 437 g/mol. The van der Waals surface area contributed by atoms with Crippen LogP contribution >= 0.6 is 27.5 Å². The maximum Gasteiger partial charge on any atom is 0.421 e. The highest BCUT2D eigenvalue weighted by atomic mass is 79.9. The number of fused-ring (bicyclic) bond motifs is 1. The van der Waals surface area contributed by atoms with E-state index in [-0.39, 0.29) is 18.1 Å². The zero-order chi connectivity index (χ0) is 19.1. The molecule has 0 fully saturated rings. The van der Waals surface area contributed by atoms with Gasteiger partial charge >= 0.3 is 6.18 Å². The van der Waals surface area contributed by atoms with Crippen molar-refractivity contribution in [1.82, 2.24) is 4.98 Å². The summed E-state index contributed by atoms with van der Waals surface area (Å²) in [6.45, 7) is 0.251. The topological polar surface area (TPSA) is 42.4 Å². The van der Waals surface area contributed by atoms with Gasteiger partial charge in [-0.1, -0.05) is 39.7 Å². The number of halogens is 5. The highest BCUT2D eigenvalue weighted by Crippen LogP contribution is 2.41. The fourth-order valence-corrected chi connectivity index (χ4v) is 3.45. The number of ether oxygens (including phenoxy) is 1. The normalized spacial score (nSPS) is 14.9. The first-order valence-electron chi connectivity index (χ1n) is 7.58. The van der Waals surface area contributed by atoms with Crippen molar-refractivity contribution in [3.05, 3.63) is 52.2 Å². The number of hydrogen-bond donors (Lipinski definition) is 0. The smallest absolute Gasteiger partial charge is 0.421 e. The summed E-state index contributed by atoms with van der Waals surface area (Å²) in [5.41, 5.74) is 0.210. The Morgan fingerprint density at radius 2 is 2.00 bits per heavy atom. The molecule has 1 unspecified atom stereocenters. The number of alkyl halides is 4. The van der Waals surface area contributed by atoms with Gasteiger partial charge in [0.15, 0.2) is 0 Å². The average molecular weight is 450 g/mol. The van der Waals surface area contributed by atoms with Crippen molar-refractivity contribution in [2.24, 2.45) is 0 Å². The maximum atomic E-state index is 13.2. The Morgan fingerprint density at radius 3 is 2.58 bits per heavy atom. The van der Waals surface area contributed by atoms with Crippen molar-refractivity contribution in [2.75, 3.05) is 18.6 Å². The third-order valence-corrected chi connectivity index (χ3v) is 5.22. The largest absolute Gasteiger partial charge is 0.481 e. The minimum Gasteiger partial charge on any atom is -0.481 e. The summed E-state index contributed by atoms with van der Waals surface area (Å²) in [6.07, 6.45) is -4.27. The summed E-state index contributed by atoms with van der Waals surface area (Å²) < 4.78 is 44.5. The Hall–Kier alpha value is -1.80. The molecule has 1 aromatic heterocycles. The molecule has 0 N–H and O–H groups in total. The van der Waals surface area contributed by atoms with Gasteiger partial charge in [-0.2, -0.15) is 13.2 Å². The Labute approximate surface area is 161 Å². The Kier molecular flexibility index (Phi) is 5.16. The quantitative estimate of drug-likeness (QED) is 0.633. The number of carbonyl (C=O) groups excluding carboxylic acids is 1. The molecule has 0 spiro atoms. The summed E-state index contributed by atoms with van der Waals surface area (Å²) in [4.78, 5) is 17.4. The predicted octanol–water partition coefficient (Wildman–Crippen LogP) is 4.79. The molecule has 9 heteroatoms. The van der Waals surface area contributed by atoms with Crippen LogP contribution in [0.2, 0.25) is 5.02 Å². The lowest BCUT2D eigenvalue weighted by atomic mass is 10.1. The van der Waals surface area contributed by atoms with E-state index in [2.05, 4.69) is 20.9 Å². The Balaban J connectivity index is 1.95. The fraction of sp³-hybridized carbons (Fsp3) is 0.294. The first-order chi connectivity index (χ1) is 12.2. The van der Waals surface area contributed by atoms with E-state index in [9.17, 15) is 18.0 Å². The number of hydrogen-bond acceptors (Lipinski definition) is 3. The van der Waals surface area contributed by atoms with Crippen LogP contribution in [-0.4, -0.2) is 24.5 Å². The van der Waals surface area contributed by atoms with Crippen molar-refractivity contribution in [2.45, 2.75) is 17.4 Å². The van der Waals surface area contributed by atoms with Crippen LogP contribution in [0.5, 0.6) is 5.88 Å². The molecule has 0 radical (unpaired) electrons. The number of rotatable bonds is 3. The van der Waals surface area contributed by atoms with Gasteiger partial charge < -0.3 is 9.64 Å². The Morgan fingerprint density at radius 1 is 1.35 bits per heavy atom. The van der Waals surface area contributed by atoms with Gasteiger partial charge in [0.1, 0.15) is 10.4 Å². The predicted molar refractivity (Wildman–Crippen MR) is 95.0 cm³/mol. The number of aromatic nitrogens is 1. The van der Waals surface area contributed by atoms with E-state index in [1.54, 1.807) is 24.3 Å². The maximum absolute atomic E-state index is 13.2. The van der Waals surface area contributed by atoms with Gasteiger partial charge in [-0.3, -0.25) is 4.79 Å². The summed E-state index contributed by atoms with van der Waals surface area (Å²) in [7, 11) is 1.14. The van der Waals surface area contributed by atoms with Crippen LogP contribution in [0, 0.1) is 0 Å². The lowest BCUT2D eigenvalue weighted by Crippen LogP contribution is -2.32. The first-order valence-corrected chi connectivity index (χ1v) is 8.87. The number of methoxy groups -OCH3 is 1. The first kappa shape index (κ1) is 19.0. The van der Waals surface area contributed by atoms with Crippen molar-refractivity contribution >= 4 is 39.1 Å². The summed E-state index contributed by atoms with van der Waals surface area (Å²) >= 11 is 9.16. The van der Waals surface area contributed by atoms with E-state index < -0.39 is 22.4 Å². The van der Waals surface area contributed by atoms with Crippen LogP contribution < -0.4 is 9.64 Å². The molecule has 1 aromatic carbocycles. The van der Waals surface area contributed by atoms with Crippen LogP contribution in [0.1, 0.15) is 21.6 Å².